The number of hydrogen-bond donors (Lipinski definition) is 1. The molecule has 1 unspecified atom stereocenters. The van der Waals surface area contributed by atoms with E-state index in [1.54, 1.807) is 11.3 Å². The fourth-order valence-electron chi connectivity index (χ4n) is 4.44. The van der Waals surface area contributed by atoms with Crippen molar-refractivity contribution in [3.05, 3.63) is 28.0 Å². The van der Waals surface area contributed by atoms with E-state index < -0.39 is 5.91 Å². The molecule has 2 aliphatic heterocycles. The van der Waals surface area contributed by atoms with Crippen molar-refractivity contribution in [3.63, 3.8) is 0 Å². The largest absolute Gasteiger partial charge is 0.363 e. The molecule has 1 amide bonds. The van der Waals surface area contributed by atoms with E-state index in [0.717, 1.165) is 60.9 Å². The summed E-state index contributed by atoms with van der Waals surface area (Å²) in [5, 5.41) is 4.83. The maximum atomic E-state index is 11.4. The van der Waals surface area contributed by atoms with Crippen molar-refractivity contribution >= 4 is 33.3 Å². The molecule has 0 saturated carbocycles. The number of carbonyl (C=O) groups is 1. The smallest absolute Gasteiger partial charge is 0.290 e. The fourth-order valence-corrected chi connectivity index (χ4v) is 5.48. The van der Waals surface area contributed by atoms with E-state index in [0.29, 0.717) is 5.89 Å². The summed E-state index contributed by atoms with van der Waals surface area (Å²) < 4.78 is 5.39. The van der Waals surface area contributed by atoms with Crippen LogP contribution < -0.4 is 10.6 Å². The predicted molar refractivity (Wildman–Crippen MR) is 114 cm³/mol. The number of aromatic nitrogens is 4. The highest BCUT2D eigenvalue weighted by molar-refractivity contribution is 7.18. The molecule has 2 N–H and O–H groups in total. The number of nitrogens with two attached hydrogens (primary N) is 1. The van der Waals surface area contributed by atoms with Gasteiger partial charge in [0.05, 0.1) is 11.9 Å². The van der Waals surface area contributed by atoms with Gasteiger partial charge in [-0.05, 0) is 58.2 Å². The summed E-state index contributed by atoms with van der Waals surface area (Å²) >= 11 is 1.72. The topological polar surface area (TPSA) is 114 Å². The Bertz CT molecular complexity index is 1100. The molecule has 0 aromatic carbocycles. The number of hydrogen-bond acceptors (Lipinski definition) is 9. The molecule has 5 rings (SSSR count). The molecule has 2 aliphatic rings. The first kappa shape index (κ1) is 19.4. The van der Waals surface area contributed by atoms with Crippen LogP contribution in [-0.2, 0) is 6.54 Å². The minimum Gasteiger partial charge on any atom is -0.363 e. The lowest BCUT2D eigenvalue weighted by molar-refractivity contribution is 0.0987. The standard InChI is InChI=1S/C20H25N7O2S/c1-11-12(2)30-20-15(11)18(22-14(23-20)10-26-7-3-4-8-26)27-9-5-6-13(27)19-24-17(16(21)28)25-29-19/h13H,3-10H2,1-2H3,(H2,21,28). The van der Waals surface area contributed by atoms with Gasteiger partial charge in [0.15, 0.2) is 0 Å². The zero-order valence-corrected chi connectivity index (χ0v) is 18.0. The maximum Gasteiger partial charge on any atom is 0.290 e. The van der Waals surface area contributed by atoms with Gasteiger partial charge in [0, 0.05) is 11.4 Å². The van der Waals surface area contributed by atoms with E-state index in [4.69, 9.17) is 20.2 Å². The molecule has 10 heteroatoms. The van der Waals surface area contributed by atoms with E-state index in [-0.39, 0.29) is 11.9 Å². The lowest BCUT2D eigenvalue weighted by Gasteiger charge is -2.25. The summed E-state index contributed by atoms with van der Waals surface area (Å²) in [6, 6.07) is -0.122. The Kier molecular flexibility index (Phi) is 4.90. The first-order chi connectivity index (χ1) is 14.5. The van der Waals surface area contributed by atoms with Gasteiger partial charge in [0.1, 0.15) is 22.5 Å². The number of likely N-dealkylation sites (tertiary alicyclic amines) is 1. The highest BCUT2D eigenvalue weighted by Gasteiger charge is 2.34. The first-order valence-corrected chi connectivity index (χ1v) is 11.2. The molecule has 1 atom stereocenters. The Morgan fingerprint density at radius 3 is 2.70 bits per heavy atom. The van der Waals surface area contributed by atoms with E-state index in [2.05, 4.69) is 33.8 Å². The molecule has 3 aromatic rings. The minimum atomic E-state index is -0.684. The highest BCUT2D eigenvalue weighted by Crippen LogP contribution is 2.41. The average Bonchev–Trinajstić information content (AvgIpc) is 3.49. The second kappa shape index (κ2) is 7.59. The number of rotatable bonds is 5. The van der Waals surface area contributed by atoms with Gasteiger partial charge < -0.3 is 15.2 Å². The third-order valence-corrected chi connectivity index (χ3v) is 7.19. The van der Waals surface area contributed by atoms with E-state index >= 15 is 0 Å². The van der Waals surface area contributed by atoms with Crippen molar-refractivity contribution in [1.29, 1.82) is 0 Å². The van der Waals surface area contributed by atoms with Crippen molar-refractivity contribution < 1.29 is 9.32 Å². The molecule has 9 nitrogen and oxygen atoms in total. The monoisotopic (exact) mass is 427 g/mol. The Labute approximate surface area is 178 Å². The molecule has 30 heavy (non-hydrogen) atoms. The van der Waals surface area contributed by atoms with Gasteiger partial charge >= 0.3 is 0 Å². The van der Waals surface area contributed by atoms with Gasteiger partial charge in [-0.3, -0.25) is 9.69 Å². The Morgan fingerprint density at radius 2 is 1.97 bits per heavy atom. The number of amides is 1. The van der Waals surface area contributed by atoms with E-state index in [1.165, 1.54) is 23.3 Å². The van der Waals surface area contributed by atoms with Crippen molar-refractivity contribution in [2.75, 3.05) is 24.5 Å². The summed E-state index contributed by atoms with van der Waals surface area (Å²) in [6.45, 7) is 8.06. The Balaban J connectivity index is 1.57. The molecule has 0 radical (unpaired) electrons. The molecular weight excluding hydrogens is 402 g/mol. The molecule has 158 valence electrons. The van der Waals surface area contributed by atoms with Crippen LogP contribution in [0.5, 0.6) is 0 Å². The second-order valence-corrected chi connectivity index (χ2v) is 9.29. The number of anilines is 1. The van der Waals surface area contributed by atoms with Crippen LogP contribution >= 0.6 is 11.3 Å². The number of thiophene rings is 1. The van der Waals surface area contributed by atoms with Crippen molar-refractivity contribution in [3.8, 4) is 0 Å². The summed E-state index contributed by atoms with van der Waals surface area (Å²) in [6.07, 6.45) is 4.31. The van der Waals surface area contributed by atoms with Gasteiger partial charge in [-0.15, -0.1) is 11.3 Å². The molecule has 0 spiro atoms. The third-order valence-electron chi connectivity index (χ3n) is 6.09. The molecular formula is C20H25N7O2S. The third kappa shape index (κ3) is 3.33. The summed E-state index contributed by atoms with van der Waals surface area (Å²) in [7, 11) is 0. The summed E-state index contributed by atoms with van der Waals surface area (Å²) in [4.78, 5) is 32.5. The number of aryl methyl sites for hydroxylation is 2. The van der Waals surface area contributed by atoms with Crippen molar-refractivity contribution in [2.24, 2.45) is 5.73 Å². The number of fused-ring (bicyclic) bond motifs is 1. The van der Waals surface area contributed by atoms with Gasteiger partial charge in [0.25, 0.3) is 11.7 Å². The van der Waals surface area contributed by atoms with Crippen molar-refractivity contribution in [1.82, 2.24) is 25.0 Å². The number of nitrogens with zero attached hydrogens (tertiary/aromatic N) is 6. The summed E-state index contributed by atoms with van der Waals surface area (Å²) in [5.41, 5.74) is 6.52. The van der Waals surface area contributed by atoms with Crippen molar-refractivity contribution in [2.45, 2.75) is 52.1 Å². The van der Waals surface area contributed by atoms with Gasteiger partial charge in [-0.1, -0.05) is 5.16 Å². The van der Waals surface area contributed by atoms with Crippen LogP contribution in [0, 0.1) is 13.8 Å². The van der Waals surface area contributed by atoms with Crippen LogP contribution in [0.15, 0.2) is 4.52 Å². The maximum absolute atomic E-state index is 11.4. The number of primary amides is 1. The van der Waals surface area contributed by atoms with Gasteiger partial charge in [0.2, 0.25) is 5.89 Å². The molecule has 5 heterocycles. The first-order valence-electron chi connectivity index (χ1n) is 10.4. The van der Waals surface area contributed by atoms with Crippen LogP contribution in [0.3, 0.4) is 0 Å². The van der Waals surface area contributed by atoms with Gasteiger partial charge in [-0.25, -0.2) is 9.97 Å². The zero-order chi connectivity index (χ0) is 20.8. The normalized spacial score (nSPS) is 19.9. The average molecular weight is 428 g/mol. The minimum absolute atomic E-state index is 0.0815. The second-order valence-electron chi connectivity index (χ2n) is 8.08. The van der Waals surface area contributed by atoms with Gasteiger partial charge in [-0.2, -0.15) is 4.98 Å². The molecule has 0 aliphatic carbocycles. The number of carbonyl (C=O) groups excluding carboxylic acids is 1. The van der Waals surface area contributed by atoms with Crippen LogP contribution in [0.25, 0.3) is 10.2 Å². The zero-order valence-electron chi connectivity index (χ0n) is 17.2. The molecule has 2 fully saturated rings. The predicted octanol–water partition coefficient (Wildman–Crippen LogP) is 2.73. The molecule has 0 bridgehead atoms. The summed E-state index contributed by atoms with van der Waals surface area (Å²) in [5.74, 6) is 1.43. The lowest BCUT2D eigenvalue weighted by Crippen LogP contribution is -2.26. The SMILES string of the molecule is Cc1sc2nc(CN3CCCC3)nc(N3CCCC3c3nc(C(N)=O)no3)c2c1C. The van der Waals surface area contributed by atoms with E-state index in [1.807, 2.05) is 0 Å². The molecule has 2 saturated heterocycles. The quantitative estimate of drug-likeness (QED) is 0.661. The van der Waals surface area contributed by atoms with Crippen LogP contribution in [0.4, 0.5) is 5.82 Å². The van der Waals surface area contributed by atoms with Crippen LogP contribution in [0.1, 0.15) is 64.5 Å². The highest BCUT2D eigenvalue weighted by atomic mass is 32.1. The lowest BCUT2D eigenvalue weighted by atomic mass is 10.1. The van der Waals surface area contributed by atoms with E-state index in [9.17, 15) is 4.79 Å². The van der Waals surface area contributed by atoms with Crippen LogP contribution in [-0.4, -0.2) is 50.5 Å². The molecule has 3 aromatic heterocycles. The van der Waals surface area contributed by atoms with Crippen LogP contribution in [0.2, 0.25) is 0 Å². The Hall–Kier alpha value is -2.59. The fraction of sp³-hybridized carbons (Fsp3) is 0.550. The Morgan fingerprint density at radius 1 is 1.17 bits per heavy atom.